The number of oxime groups is 1. The number of carbonyl (C=O) groups is 1. The van der Waals surface area contributed by atoms with Crippen molar-refractivity contribution in [3.8, 4) is 0 Å². The van der Waals surface area contributed by atoms with Crippen molar-refractivity contribution in [3.05, 3.63) is 0 Å². The van der Waals surface area contributed by atoms with Crippen LogP contribution in [-0.2, 0) is 14.9 Å². The maximum Gasteiger partial charge on any atom is 0.444 e. The Kier molecular flexibility index (Phi) is 8.81. The molecule has 0 rings (SSSR count). The second-order valence-corrected chi connectivity index (χ2v) is 7.86. The average Bonchev–Trinajstić information content (AvgIpc) is 2.34. The van der Waals surface area contributed by atoms with Crippen LogP contribution >= 0.6 is 12.1 Å². The number of nitrogens with one attached hydrogen (secondary N) is 1. The van der Waals surface area contributed by atoms with Gasteiger partial charge in [-0.3, -0.25) is 4.84 Å². The summed E-state index contributed by atoms with van der Waals surface area (Å²) in [5.74, 6) is -0.934. The first-order valence-electron chi connectivity index (χ1n) is 6.08. The summed E-state index contributed by atoms with van der Waals surface area (Å²) in [4.78, 5) is 15.6. The molecule has 0 atom stereocenters. The number of alkyl halides is 2. The lowest BCUT2D eigenvalue weighted by atomic mass is 10.1. The van der Waals surface area contributed by atoms with Gasteiger partial charge in [0.05, 0.1) is 0 Å². The van der Waals surface area contributed by atoms with E-state index in [0.717, 1.165) is 4.31 Å². The van der Waals surface area contributed by atoms with E-state index in [1.54, 1.807) is 0 Å². The van der Waals surface area contributed by atoms with Crippen LogP contribution in [0.25, 0.3) is 0 Å². The zero-order chi connectivity index (χ0) is 17.5. The Morgan fingerprint density at radius 2 is 1.86 bits per heavy atom. The van der Waals surface area contributed by atoms with Crippen molar-refractivity contribution < 1.29 is 26.8 Å². The molecule has 12 heteroatoms. The zero-order valence-corrected chi connectivity index (χ0v) is 14.5. The van der Waals surface area contributed by atoms with Gasteiger partial charge in [-0.2, -0.15) is 0 Å². The molecular weight excluding hydrogens is 342 g/mol. The van der Waals surface area contributed by atoms with Crippen molar-refractivity contribution in [2.45, 2.75) is 20.3 Å². The van der Waals surface area contributed by atoms with Crippen LogP contribution < -0.4 is 4.72 Å². The van der Waals surface area contributed by atoms with E-state index in [2.05, 4.69) is 14.7 Å². The zero-order valence-electron chi connectivity index (χ0n) is 12.9. The number of carbonyl (C=O) groups excluding carboxylic acids is 1. The molecule has 0 aromatic heterocycles. The lowest BCUT2D eigenvalue weighted by molar-refractivity contribution is 0.150. The predicted molar refractivity (Wildman–Crippen MR) is 80.7 cm³/mol. The summed E-state index contributed by atoms with van der Waals surface area (Å²) < 4.78 is 52.6. The van der Waals surface area contributed by atoms with Crippen molar-refractivity contribution in [3.63, 3.8) is 0 Å². The summed E-state index contributed by atoms with van der Waals surface area (Å²) in [7, 11) is 0.705. The Morgan fingerprint density at radius 1 is 1.32 bits per heavy atom. The number of amides is 1. The molecule has 0 fully saturated rings. The monoisotopic (exact) mass is 362 g/mol. The first-order valence-corrected chi connectivity index (χ1v) is 8.46. The molecule has 0 radical (unpaired) electrons. The summed E-state index contributed by atoms with van der Waals surface area (Å²) in [5, 5.41) is 3.10. The van der Waals surface area contributed by atoms with Gasteiger partial charge in [0.15, 0.2) is 0 Å². The van der Waals surface area contributed by atoms with Crippen molar-refractivity contribution in [1.29, 1.82) is 0 Å². The lowest BCUT2D eigenvalue weighted by Gasteiger charge is -2.18. The Labute approximate surface area is 133 Å². The minimum atomic E-state index is -3.47. The number of halogens is 2. The summed E-state index contributed by atoms with van der Waals surface area (Å²) in [6.07, 6.45) is -3.91. The summed E-state index contributed by atoms with van der Waals surface area (Å²) in [5.41, 5.74) is -0.552. The molecule has 0 saturated heterocycles. The first-order chi connectivity index (χ1) is 9.97. The minimum Gasteiger partial charge on any atom is -0.297 e. The molecule has 22 heavy (non-hydrogen) atoms. The van der Waals surface area contributed by atoms with Crippen LogP contribution in [0.2, 0.25) is 0 Å². The Bertz CT molecular complexity index is 487. The van der Waals surface area contributed by atoms with Crippen molar-refractivity contribution in [2.24, 2.45) is 11.1 Å². The SMILES string of the molecule is CC(C)C(=NOC(=O)NSN(C)CS(=O)(=O)N(C)C)C(F)F. The molecule has 130 valence electrons. The van der Waals surface area contributed by atoms with Gasteiger partial charge in [0.1, 0.15) is 11.6 Å². The molecule has 1 N–H and O–H groups in total. The molecule has 0 aliphatic carbocycles. The average molecular weight is 362 g/mol. The van der Waals surface area contributed by atoms with Gasteiger partial charge in [0.2, 0.25) is 10.0 Å². The Hall–Kier alpha value is -0.980. The summed E-state index contributed by atoms with van der Waals surface area (Å²) in [6, 6.07) is 0. The normalized spacial score (nSPS) is 13.3. The van der Waals surface area contributed by atoms with E-state index in [-0.39, 0.29) is 5.88 Å². The van der Waals surface area contributed by atoms with Crippen LogP contribution in [0.3, 0.4) is 0 Å². The highest BCUT2D eigenvalue weighted by Gasteiger charge is 2.20. The van der Waals surface area contributed by atoms with Crippen molar-refractivity contribution in [2.75, 3.05) is 27.0 Å². The van der Waals surface area contributed by atoms with Crippen LogP contribution in [0, 0.1) is 5.92 Å². The van der Waals surface area contributed by atoms with Crippen LogP contribution in [-0.4, -0.2) is 62.3 Å². The molecule has 0 aromatic carbocycles. The fourth-order valence-corrected chi connectivity index (χ4v) is 2.57. The van der Waals surface area contributed by atoms with Crippen LogP contribution in [0.4, 0.5) is 13.6 Å². The summed E-state index contributed by atoms with van der Waals surface area (Å²) in [6.45, 7) is 2.97. The third-order valence-electron chi connectivity index (χ3n) is 2.24. The van der Waals surface area contributed by atoms with Gasteiger partial charge in [-0.05, 0) is 0 Å². The van der Waals surface area contributed by atoms with E-state index in [4.69, 9.17) is 0 Å². The topological polar surface area (TPSA) is 91.3 Å². The van der Waals surface area contributed by atoms with Crippen LogP contribution in [0.5, 0.6) is 0 Å². The smallest absolute Gasteiger partial charge is 0.297 e. The van der Waals surface area contributed by atoms with Crippen molar-refractivity contribution >= 4 is 34.0 Å². The van der Waals surface area contributed by atoms with Gasteiger partial charge in [0.25, 0.3) is 6.43 Å². The molecule has 0 spiro atoms. The first kappa shape index (κ1) is 21.0. The Morgan fingerprint density at radius 3 is 2.27 bits per heavy atom. The Balaban J connectivity index is 4.38. The lowest BCUT2D eigenvalue weighted by Crippen LogP contribution is -2.33. The molecule has 0 aromatic rings. The highest BCUT2D eigenvalue weighted by molar-refractivity contribution is 7.96. The molecular formula is C10H20F2N4O4S2. The van der Waals surface area contributed by atoms with E-state index in [0.29, 0.717) is 12.1 Å². The van der Waals surface area contributed by atoms with Gasteiger partial charge >= 0.3 is 6.09 Å². The van der Waals surface area contributed by atoms with Gasteiger partial charge in [0, 0.05) is 39.2 Å². The van der Waals surface area contributed by atoms with E-state index >= 15 is 0 Å². The number of sulfonamides is 1. The molecule has 0 saturated carbocycles. The van der Waals surface area contributed by atoms with Gasteiger partial charge < -0.3 is 0 Å². The highest BCUT2D eigenvalue weighted by Crippen LogP contribution is 2.09. The largest absolute Gasteiger partial charge is 0.444 e. The number of rotatable bonds is 8. The molecule has 8 nitrogen and oxygen atoms in total. The third-order valence-corrected chi connectivity index (χ3v) is 4.92. The number of hydrogen-bond donors (Lipinski definition) is 1. The number of nitrogens with zero attached hydrogens (tertiary/aromatic N) is 3. The minimum absolute atomic E-state index is 0.359. The van der Waals surface area contributed by atoms with Gasteiger partial charge in [-0.1, -0.05) is 19.0 Å². The van der Waals surface area contributed by atoms with E-state index in [1.165, 1.54) is 39.3 Å². The molecule has 0 unspecified atom stereocenters. The predicted octanol–water partition coefficient (Wildman–Crippen LogP) is 1.33. The maximum atomic E-state index is 12.5. The van der Waals surface area contributed by atoms with E-state index in [1.807, 2.05) is 0 Å². The highest BCUT2D eigenvalue weighted by atomic mass is 32.2. The second kappa shape index (κ2) is 9.22. The molecule has 0 aliphatic heterocycles. The quantitative estimate of drug-likeness (QED) is 0.303. The molecule has 0 heterocycles. The second-order valence-electron chi connectivity index (χ2n) is 4.69. The van der Waals surface area contributed by atoms with Crippen LogP contribution in [0.1, 0.15) is 13.8 Å². The fourth-order valence-electron chi connectivity index (χ4n) is 0.997. The molecule has 1 amide bonds. The molecule has 0 aliphatic rings. The van der Waals surface area contributed by atoms with Gasteiger partial charge in [-0.25, -0.2) is 35.3 Å². The van der Waals surface area contributed by atoms with Crippen molar-refractivity contribution in [1.82, 2.24) is 13.3 Å². The fraction of sp³-hybridized carbons (Fsp3) is 0.800. The third kappa shape index (κ3) is 7.87. The standard InChI is InChI=1S/C10H20F2N4O4S2/c1-7(2)8(9(11)12)13-20-10(17)14-21-16(5)6-22(18,19)15(3)4/h7,9H,6H2,1-5H3,(H,14,17). The van der Waals surface area contributed by atoms with Crippen LogP contribution in [0.15, 0.2) is 5.16 Å². The van der Waals surface area contributed by atoms with E-state index < -0.39 is 34.2 Å². The number of hydrogen-bond acceptors (Lipinski definition) is 7. The van der Waals surface area contributed by atoms with E-state index in [9.17, 15) is 22.0 Å². The molecule has 0 bridgehead atoms. The van der Waals surface area contributed by atoms with Gasteiger partial charge in [-0.15, -0.1) is 0 Å². The summed E-state index contributed by atoms with van der Waals surface area (Å²) >= 11 is 0.643. The maximum absolute atomic E-state index is 12.5.